The molecule has 1 saturated carbocycles. The second-order valence-corrected chi connectivity index (χ2v) is 13.9. The van der Waals surface area contributed by atoms with E-state index in [-0.39, 0.29) is 22.5 Å². The number of anilines is 1. The Morgan fingerprint density at radius 2 is 1.62 bits per heavy atom. The number of aromatic nitrogens is 2. The summed E-state index contributed by atoms with van der Waals surface area (Å²) in [5.74, 6) is 1.41. The van der Waals surface area contributed by atoms with Crippen LogP contribution in [0.3, 0.4) is 0 Å². The Bertz CT molecular complexity index is 2000. The molecule has 0 spiro atoms. The first-order chi connectivity index (χ1) is 23.3. The highest BCUT2D eigenvalue weighted by molar-refractivity contribution is 7.90. The van der Waals surface area contributed by atoms with Crippen LogP contribution in [0.4, 0.5) is 10.5 Å². The van der Waals surface area contributed by atoms with E-state index in [1.54, 1.807) is 30.3 Å². The third-order valence-corrected chi connectivity index (χ3v) is 10.1. The van der Waals surface area contributed by atoms with Gasteiger partial charge in [-0.2, -0.15) is 0 Å². The quantitative estimate of drug-likeness (QED) is 0.147. The van der Waals surface area contributed by atoms with Crippen LogP contribution >= 0.6 is 0 Å². The van der Waals surface area contributed by atoms with E-state index in [1.807, 2.05) is 59.3 Å². The van der Waals surface area contributed by atoms with Gasteiger partial charge in [-0.05, 0) is 66.8 Å². The summed E-state index contributed by atoms with van der Waals surface area (Å²) in [7, 11) is -4.08. The van der Waals surface area contributed by atoms with E-state index in [1.165, 1.54) is 18.6 Å². The number of ether oxygens (including phenoxy) is 1. The summed E-state index contributed by atoms with van der Waals surface area (Å²) in [5.41, 5.74) is 5.16. The van der Waals surface area contributed by atoms with Gasteiger partial charge in [0.05, 0.1) is 15.9 Å². The number of imidazole rings is 1. The van der Waals surface area contributed by atoms with Crippen molar-refractivity contribution in [2.75, 3.05) is 5.32 Å². The molecule has 0 saturated heterocycles. The van der Waals surface area contributed by atoms with Crippen LogP contribution in [0.5, 0.6) is 5.75 Å². The summed E-state index contributed by atoms with van der Waals surface area (Å²) in [6, 6.07) is 28.6. The second kappa shape index (κ2) is 14.9. The number of hydrogen-bond acceptors (Lipinski definition) is 6. The molecule has 1 aliphatic carbocycles. The molecule has 2 amide bonds. The summed E-state index contributed by atoms with van der Waals surface area (Å²) in [6.45, 7) is 2.76. The van der Waals surface area contributed by atoms with Gasteiger partial charge in [0.2, 0.25) is 5.91 Å². The first-order valence-corrected chi connectivity index (χ1v) is 18.1. The maximum Gasteiger partial charge on any atom is 0.426 e. The highest BCUT2D eigenvalue weighted by Crippen LogP contribution is 2.31. The maximum atomic E-state index is 13.0. The Kier molecular flexibility index (Phi) is 10.2. The van der Waals surface area contributed by atoms with E-state index >= 15 is 0 Å². The van der Waals surface area contributed by atoms with Gasteiger partial charge in [0.25, 0.3) is 10.0 Å². The zero-order valence-corrected chi connectivity index (χ0v) is 27.8. The predicted molar refractivity (Wildman–Crippen MR) is 187 cm³/mol. The second-order valence-electron chi connectivity index (χ2n) is 12.2. The molecular formula is C38H40N4O5S. The fourth-order valence-electron chi connectivity index (χ4n) is 6.22. The van der Waals surface area contributed by atoms with Crippen molar-refractivity contribution in [1.29, 1.82) is 0 Å². The normalized spacial score (nSPS) is 13.7. The highest BCUT2D eigenvalue weighted by Gasteiger charge is 2.22. The Balaban J connectivity index is 1.21. The number of aryl methyl sites for hydroxylation is 1. The van der Waals surface area contributed by atoms with Gasteiger partial charge in [-0.25, -0.2) is 22.9 Å². The molecule has 0 unspecified atom stereocenters. The minimum absolute atomic E-state index is 0.0326. The number of carbonyl (C=O) groups excluding carboxylic acids is 2. The average molecular weight is 665 g/mol. The number of amides is 2. The molecule has 6 rings (SSSR count). The molecule has 9 nitrogen and oxygen atoms in total. The van der Waals surface area contributed by atoms with Crippen LogP contribution in [0.25, 0.3) is 22.2 Å². The fourth-order valence-corrected chi connectivity index (χ4v) is 7.11. The predicted octanol–water partition coefficient (Wildman–Crippen LogP) is 8.09. The molecule has 1 fully saturated rings. The van der Waals surface area contributed by atoms with Gasteiger partial charge in [-0.15, -0.1) is 0 Å². The lowest BCUT2D eigenvalue weighted by molar-refractivity contribution is -0.120. The van der Waals surface area contributed by atoms with E-state index in [9.17, 15) is 18.0 Å². The van der Waals surface area contributed by atoms with Crippen LogP contribution in [0, 0.1) is 5.92 Å². The van der Waals surface area contributed by atoms with Crippen LogP contribution in [0.15, 0.2) is 102 Å². The van der Waals surface area contributed by atoms with Crippen molar-refractivity contribution in [3.63, 3.8) is 0 Å². The van der Waals surface area contributed by atoms with E-state index < -0.39 is 16.1 Å². The third-order valence-electron chi connectivity index (χ3n) is 8.79. The number of hydrogen-bond donors (Lipinski definition) is 2. The summed E-state index contributed by atoms with van der Waals surface area (Å²) in [5, 5.41) is 3.16. The lowest BCUT2D eigenvalue weighted by Crippen LogP contribution is -2.33. The van der Waals surface area contributed by atoms with Gasteiger partial charge >= 0.3 is 6.09 Å². The average Bonchev–Trinajstić information content (AvgIpc) is 3.44. The van der Waals surface area contributed by atoms with E-state index in [0.717, 1.165) is 78.6 Å². The lowest BCUT2D eigenvalue weighted by atomic mass is 9.88. The monoisotopic (exact) mass is 664 g/mol. The molecule has 1 aromatic heterocycles. The number of sulfonamides is 1. The molecular weight excluding hydrogens is 625 g/mol. The van der Waals surface area contributed by atoms with Crippen LogP contribution < -0.4 is 14.8 Å². The van der Waals surface area contributed by atoms with Crippen LogP contribution in [-0.4, -0.2) is 30.0 Å². The first kappa shape index (κ1) is 33.0. The SMILES string of the molecule is CCCCc1nc2ccc(NC(=O)C3CCCCC3)cc2n1Cc1ccc(-c2ccccc2OC(=O)NS(=O)(=O)c2ccccc2)cc1. The van der Waals surface area contributed by atoms with Gasteiger partial charge in [0.1, 0.15) is 11.6 Å². The van der Waals surface area contributed by atoms with Crippen molar-refractivity contribution < 1.29 is 22.7 Å². The smallest absolute Gasteiger partial charge is 0.409 e. The number of fused-ring (bicyclic) bond motifs is 1. The number of carbonyl (C=O) groups is 2. The molecule has 1 heterocycles. The van der Waals surface area contributed by atoms with Crippen molar-refractivity contribution in [1.82, 2.24) is 14.3 Å². The Morgan fingerprint density at radius 1 is 0.896 bits per heavy atom. The molecule has 248 valence electrons. The van der Waals surface area contributed by atoms with Gasteiger partial charge < -0.3 is 14.6 Å². The molecule has 0 aliphatic heterocycles. The van der Waals surface area contributed by atoms with Crippen LogP contribution in [-0.2, 0) is 27.8 Å². The number of nitrogens with zero attached hydrogens (tertiary/aromatic N) is 2. The van der Waals surface area contributed by atoms with Crippen molar-refractivity contribution in [3.05, 3.63) is 108 Å². The van der Waals surface area contributed by atoms with Crippen molar-refractivity contribution in [2.24, 2.45) is 5.92 Å². The van der Waals surface area contributed by atoms with Gasteiger partial charge in [0, 0.05) is 30.1 Å². The summed E-state index contributed by atoms with van der Waals surface area (Å²) >= 11 is 0. The Labute approximate surface area is 281 Å². The van der Waals surface area contributed by atoms with E-state index in [4.69, 9.17) is 9.72 Å². The lowest BCUT2D eigenvalue weighted by Gasteiger charge is -2.20. The molecule has 0 atom stereocenters. The van der Waals surface area contributed by atoms with E-state index in [0.29, 0.717) is 12.1 Å². The zero-order valence-electron chi connectivity index (χ0n) is 27.0. The fraction of sp³-hybridized carbons (Fsp3) is 0.289. The van der Waals surface area contributed by atoms with Gasteiger partial charge in [0.15, 0.2) is 0 Å². The van der Waals surface area contributed by atoms with E-state index in [2.05, 4.69) is 16.8 Å². The molecule has 48 heavy (non-hydrogen) atoms. The Morgan fingerprint density at radius 3 is 2.38 bits per heavy atom. The van der Waals surface area contributed by atoms with Crippen LogP contribution in [0.1, 0.15) is 63.3 Å². The molecule has 2 N–H and O–H groups in total. The largest absolute Gasteiger partial charge is 0.426 e. The van der Waals surface area contributed by atoms with Crippen LogP contribution in [0.2, 0.25) is 0 Å². The summed E-state index contributed by atoms with van der Waals surface area (Å²) in [4.78, 5) is 30.6. The highest BCUT2D eigenvalue weighted by atomic mass is 32.2. The third kappa shape index (κ3) is 7.77. The molecule has 1 aliphatic rings. The van der Waals surface area contributed by atoms with Gasteiger partial charge in [-0.3, -0.25) is 4.79 Å². The van der Waals surface area contributed by atoms with Crippen molar-refractivity contribution in [2.45, 2.75) is 69.7 Å². The number of unbranched alkanes of at least 4 members (excludes halogenated alkanes) is 1. The summed E-state index contributed by atoms with van der Waals surface area (Å²) in [6.07, 6.45) is 7.14. The van der Waals surface area contributed by atoms with Crippen molar-refractivity contribution >= 4 is 38.7 Å². The Hall–Kier alpha value is -4.96. The topological polar surface area (TPSA) is 119 Å². The molecule has 0 radical (unpaired) electrons. The molecule has 4 aromatic carbocycles. The number of para-hydroxylation sites is 1. The summed E-state index contributed by atoms with van der Waals surface area (Å²) < 4.78 is 34.9. The zero-order chi connectivity index (χ0) is 33.5. The molecule has 10 heteroatoms. The molecule has 5 aromatic rings. The van der Waals surface area contributed by atoms with Gasteiger partial charge in [-0.1, -0.05) is 93.3 Å². The first-order valence-electron chi connectivity index (χ1n) is 16.6. The minimum Gasteiger partial charge on any atom is -0.409 e. The van der Waals surface area contributed by atoms with Crippen molar-refractivity contribution in [3.8, 4) is 16.9 Å². The number of nitrogens with one attached hydrogen (secondary N) is 2. The maximum absolute atomic E-state index is 13.0. The standard InChI is InChI=1S/C38H40N4O5S/c1-2-3-18-36-40-33-24-23-30(39-37(43)29-12-6-4-7-13-29)25-34(33)42(36)26-27-19-21-28(22-20-27)32-16-10-11-17-35(32)47-38(44)41-48(45,46)31-14-8-5-9-15-31/h5,8-11,14-17,19-25,29H,2-4,6-7,12-13,18,26H2,1H3,(H,39,43)(H,41,44). The number of benzene rings is 4. The molecule has 0 bridgehead atoms. The number of rotatable bonds is 11. The minimum atomic E-state index is -4.08.